The number of thiazole rings is 1. The number of hydrogen-bond donors (Lipinski definition) is 2. The van der Waals surface area contributed by atoms with Crippen molar-refractivity contribution in [3.05, 3.63) is 47.5 Å². The lowest BCUT2D eigenvalue weighted by Gasteiger charge is -2.16. The zero-order valence-corrected chi connectivity index (χ0v) is 12.2. The van der Waals surface area contributed by atoms with E-state index in [2.05, 4.69) is 15.8 Å². The molecule has 1 unspecified atom stereocenters. The van der Waals surface area contributed by atoms with Gasteiger partial charge in [-0.2, -0.15) is 0 Å². The number of esters is 1. The Bertz CT molecular complexity index is 587. The van der Waals surface area contributed by atoms with Crippen LogP contribution in [0.4, 0.5) is 5.13 Å². The quantitative estimate of drug-likeness (QED) is 0.352. The zero-order valence-electron chi connectivity index (χ0n) is 11.4. The molecule has 21 heavy (non-hydrogen) atoms. The predicted molar refractivity (Wildman–Crippen MR) is 80.1 cm³/mol. The van der Waals surface area contributed by atoms with Crippen LogP contribution in [0.5, 0.6) is 0 Å². The molecule has 0 bridgehead atoms. The van der Waals surface area contributed by atoms with E-state index in [0.29, 0.717) is 10.7 Å². The first kappa shape index (κ1) is 15.1. The maximum Gasteiger partial charge on any atom is 0.333 e. The molecule has 0 saturated carbocycles. The highest BCUT2D eigenvalue weighted by Gasteiger charge is 2.28. The Kier molecular flexibility index (Phi) is 5.42. The van der Waals surface area contributed by atoms with Gasteiger partial charge in [0.15, 0.2) is 17.0 Å². The Morgan fingerprint density at radius 2 is 2.10 bits per heavy atom. The summed E-state index contributed by atoms with van der Waals surface area (Å²) < 4.78 is 4.94. The van der Waals surface area contributed by atoms with Crippen LogP contribution in [-0.2, 0) is 9.53 Å². The number of hydrogen-bond acceptors (Lipinski definition) is 7. The fraction of sp³-hybridized carbons (Fsp3) is 0.214. The van der Waals surface area contributed by atoms with Crippen molar-refractivity contribution in [3.8, 4) is 0 Å². The van der Waals surface area contributed by atoms with Gasteiger partial charge in [-0.3, -0.25) is 10.2 Å². The van der Waals surface area contributed by atoms with Crippen molar-refractivity contribution in [1.82, 2.24) is 10.4 Å². The van der Waals surface area contributed by atoms with Gasteiger partial charge >= 0.3 is 5.97 Å². The van der Waals surface area contributed by atoms with Crippen LogP contribution in [0.1, 0.15) is 17.3 Å². The first-order chi connectivity index (χ1) is 10.2. The summed E-state index contributed by atoms with van der Waals surface area (Å²) in [5, 5.41) is 2.34. The average molecular weight is 305 g/mol. The summed E-state index contributed by atoms with van der Waals surface area (Å²) in [5.74, 6) is -0.992. The normalized spacial score (nSPS) is 11.7. The molecule has 2 rings (SSSR count). The van der Waals surface area contributed by atoms with Gasteiger partial charge in [-0.15, -0.1) is 11.3 Å². The smallest absolute Gasteiger partial charge is 0.333 e. The molecule has 2 N–H and O–H groups in total. The van der Waals surface area contributed by atoms with E-state index in [4.69, 9.17) is 4.74 Å². The first-order valence-electron chi connectivity index (χ1n) is 6.39. The van der Waals surface area contributed by atoms with Crippen LogP contribution in [0, 0.1) is 0 Å². The summed E-state index contributed by atoms with van der Waals surface area (Å²) in [6.07, 6.45) is 1.62. The molecule has 0 radical (unpaired) electrons. The van der Waals surface area contributed by atoms with Gasteiger partial charge in [0.25, 0.3) is 0 Å². The van der Waals surface area contributed by atoms with Crippen LogP contribution < -0.4 is 10.9 Å². The molecule has 0 amide bonds. The maximum absolute atomic E-state index is 12.4. The third-order valence-corrected chi connectivity index (χ3v) is 3.29. The lowest BCUT2D eigenvalue weighted by atomic mass is 10.1. The number of rotatable bonds is 7. The lowest BCUT2D eigenvalue weighted by Crippen LogP contribution is -2.47. The highest BCUT2D eigenvalue weighted by molar-refractivity contribution is 7.13. The van der Waals surface area contributed by atoms with Gasteiger partial charge in [-0.25, -0.2) is 15.2 Å². The number of hydrazine groups is 1. The number of aromatic nitrogens is 1. The van der Waals surface area contributed by atoms with E-state index in [9.17, 15) is 9.59 Å². The number of nitrogens with zero attached hydrogens (tertiary/aromatic N) is 1. The second kappa shape index (κ2) is 7.51. The summed E-state index contributed by atoms with van der Waals surface area (Å²) in [4.78, 5) is 28.4. The Labute approximate surface area is 126 Å². The molecule has 0 saturated heterocycles. The van der Waals surface area contributed by atoms with Gasteiger partial charge in [0, 0.05) is 17.1 Å². The molecule has 110 valence electrons. The van der Waals surface area contributed by atoms with E-state index < -0.39 is 12.0 Å². The highest BCUT2D eigenvalue weighted by atomic mass is 32.1. The summed E-state index contributed by atoms with van der Waals surface area (Å²) >= 11 is 1.35. The van der Waals surface area contributed by atoms with Crippen molar-refractivity contribution in [1.29, 1.82) is 0 Å². The second-order valence-electron chi connectivity index (χ2n) is 4.02. The zero-order chi connectivity index (χ0) is 15.1. The minimum Gasteiger partial charge on any atom is -0.464 e. The number of benzene rings is 1. The average Bonchev–Trinajstić information content (AvgIpc) is 3.02. The molecule has 1 aromatic carbocycles. The van der Waals surface area contributed by atoms with E-state index in [1.165, 1.54) is 11.3 Å². The van der Waals surface area contributed by atoms with Gasteiger partial charge in [0.2, 0.25) is 0 Å². The molecule has 0 aliphatic rings. The van der Waals surface area contributed by atoms with Crippen molar-refractivity contribution >= 4 is 28.2 Å². The summed E-state index contributed by atoms with van der Waals surface area (Å²) in [6, 6.07) is 7.46. The van der Waals surface area contributed by atoms with Crippen LogP contribution in [-0.4, -0.2) is 29.4 Å². The summed E-state index contributed by atoms with van der Waals surface area (Å²) in [7, 11) is 0. The summed E-state index contributed by atoms with van der Waals surface area (Å²) in [6.45, 7) is 1.90. The minimum absolute atomic E-state index is 0.205. The third kappa shape index (κ3) is 4.11. The molecule has 0 aliphatic heterocycles. The number of ketones is 1. The molecule has 2 aromatic rings. The van der Waals surface area contributed by atoms with Crippen LogP contribution in [0.25, 0.3) is 0 Å². The SMILES string of the molecule is CCOC(=O)C(NNc1nccs1)C(=O)c1ccccc1. The van der Waals surface area contributed by atoms with E-state index in [0.717, 1.165) is 0 Å². The molecular formula is C14H15N3O3S. The van der Waals surface area contributed by atoms with Crippen molar-refractivity contribution in [2.24, 2.45) is 0 Å². The number of carbonyl (C=O) groups excluding carboxylic acids is 2. The largest absolute Gasteiger partial charge is 0.464 e. The number of nitrogens with one attached hydrogen (secondary N) is 2. The Morgan fingerprint density at radius 1 is 1.33 bits per heavy atom. The molecule has 6 nitrogen and oxygen atoms in total. The van der Waals surface area contributed by atoms with Gasteiger partial charge in [0.1, 0.15) is 0 Å². The Morgan fingerprint density at radius 3 is 2.71 bits per heavy atom. The number of carbonyl (C=O) groups is 2. The Balaban J connectivity index is 2.11. The monoisotopic (exact) mass is 305 g/mol. The van der Waals surface area contributed by atoms with Crippen LogP contribution in [0.15, 0.2) is 41.9 Å². The molecule has 0 aliphatic carbocycles. The number of ether oxygens (including phenoxy) is 1. The van der Waals surface area contributed by atoms with E-state index in [-0.39, 0.29) is 12.4 Å². The standard InChI is InChI=1S/C14H15N3O3S/c1-2-20-13(19)11(16-17-14-15-8-9-21-14)12(18)10-6-4-3-5-7-10/h3-9,11,16H,2H2,1H3,(H,15,17). The topological polar surface area (TPSA) is 80.3 Å². The fourth-order valence-electron chi connectivity index (χ4n) is 1.65. The van der Waals surface area contributed by atoms with Crippen molar-refractivity contribution in [3.63, 3.8) is 0 Å². The van der Waals surface area contributed by atoms with E-state index >= 15 is 0 Å². The number of anilines is 1. The first-order valence-corrected chi connectivity index (χ1v) is 7.27. The minimum atomic E-state index is -1.13. The van der Waals surface area contributed by atoms with Gasteiger partial charge in [-0.1, -0.05) is 30.3 Å². The van der Waals surface area contributed by atoms with Crippen LogP contribution in [0.3, 0.4) is 0 Å². The van der Waals surface area contributed by atoms with E-state index in [1.807, 2.05) is 0 Å². The number of Topliss-reactive ketones (excluding diaryl/α,β-unsaturated/α-hetero) is 1. The Hall–Kier alpha value is -2.25. The fourth-order valence-corrected chi connectivity index (χ4v) is 2.14. The molecular weight excluding hydrogens is 290 g/mol. The summed E-state index contributed by atoms with van der Waals surface area (Å²) in [5.41, 5.74) is 5.86. The van der Waals surface area contributed by atoms with Gasteiger partial charge in [0.05, 0.1) is 6.61 Å². The van der Waals surface area contributed by atoms with Crippen molar-refractivity contribution < 1.29 is 14.3 Å². The molecule has 1 heterocycles. The van der Waals surface area contributed by atoms with E-state index in [1.54, 1.807) is 48.8 Å². The van der Waals surface area contributed by atoms with Gasteiger partial charge in [-0.05, 0) is 6.92 Å². The third-order valence-electron chi connectivity index (χ3n) is 2.60. The van der Waals surface area contributed by atoms with Crippen LogP contribution >= 0.6 is 11.3 Å². The maximum atomic E-state index is 12.4. The highest BCUT2D eigenvalue weighted by Crippen LogP contribution is 2.10. The predicted octanol–water partition coefficient (Wildman–Crippen LogP) is 1.87. The van der Waals surface area contributed by atoms with Crippen LogP contribution in [0.2, 0.25) is 0 Å². The second-order valence-corrected chi connectivity index (χ2v) is 4.92. The molecule has 0 spiro atoms. The van der Waals surface area contributed by atoms with Crippen molar-refractivity contribution in [2.45, 2.75) is 13.0 Å². The lowest BCUT2D eigenvalue weighted by molar-refractivity contribution is -0.144. The van der Waals surface area contributed by atoms with Gasteiger partial charge < -0.3 is 4.74 Å². The molecule has 1 atom stereocenters. The molecule has 1 aromatic heterocycles. The van der Waals surface area contributed by atoms with Crippen molar-refractivity contribution in [2.75, 3.05) is 12.0 Å². The molecule has 0 fully saturated rings. The molecule has 7 heteroatoms.